The Morgan fingerprint density at radius 2 is 1.68 bits per heavy atom. The second-order valence-corrected chi connectivity index (χ2v) is 5.25. The molecular weight excluding hydrogens is 264 g/mol. The van der Waals surface area contributed by atoms with Gasteiger partial charge in [-0.05, 0) is 42.5 Å². The topological polar surface area (TPSA) is 26.0 Å². The highest BCUT2D eigenvalue weighted by Crippen LogP contribution is 2.26. The molecule has 0 saturated carbocycles. The summed E-state index contributed by atoms with van der Waals surface area (Å²) in [6.07, 6.45) is 1.98. The van der Waals surface area contributed by atoms with Crippen molar-refractivity contribution in [2.24, 2.45) is 5.73 Å². The summed E-state index contributed by atoms with van der Waals surface area (Å²) >= 11 is 1.63. The van der Waals surface area contributed by atoms with Crippen LogP contribution in [-0.4, -0.2) is 6.26 Å². The molecule has 0 aliphatic carbocycles. The summed E-state index contributed by atoms with van der Waals surface area (Å²) in [7, 11) is 0. The van der Waals surface area contributed by atoms with Gasteiger partial charge in [0, 0.05) is 16.5 Å². The van der Waals surface area contributed by atoms with Crippen LogP contribution in [0.15, 0.2) is 41.3 Å². The van der Waals surface area contributed by atoms with Crippen LogP contribution in [0.5, 0.6) is 0 Å². The maximum absolute atomic E-state index is 13.8. The highest BCUT2D eigenvalue weighted by molar-refractivity contribution is 7.98. The average molecular weight is 279 g/mol. The number of nitrogens with two attached hydrogens (primary N) is 1. The van der Waals surface area contributed by atoms with Crippen molar-refractivity contribution in [3.05, 3.63) is 64.7 Å². The predicted molar refractivity (Wildman–Crippen MR) is 75.3 cm³/mol. The first kappa shape index (κ1) is 14.0. The second-order valence-electron chi connectivity index (χ2n) is 4.37. The molecule has 0 aliphatic heterocycles. The summed E-state index contributed by atoms with van der Waals surface area (Å²) in [5.74, 6) is -1.16. The van der Waals surface area contributed by atoms with Gasteiger partial charge in [0.1, 0.15) is 11.6 Å². The third kappa shape index (κ3) is 2.96. The summed E-state index contributed by atoms with van der Waals surface area (Å²) in [6.45, 7) is 1.60. The quantitative estimate of drug-likeness (QED) is 0.858. The van der Waals surface area contributed by atoms with E-state index in [-0.39, 0.29) is 0 Å². The van der Waals surface area contributed by atoms with Gasteiger partial charge >= 0.3 is 0 Å². The van der Waals surface area contributed by atoms with Crippen LogP contribution in [0.25, 0.3) is 0 Å². The molecule has 0 saturated heterocycles. The van der Waals surface area contributed by atoms with Crippen molar-refractivity contribution < 1.29 is 8.78 Å². The molecule has 2 N–H and O–H groups in total. The maximum atomic E-state index is 13.8. The van der Waals surface area contributed by atoms with E-state index in [9.17, 15) is 8.78 Å². The summed E-state index contributed by atoms with van der Waals surface area (Å²) in [5, 5.41) is 0. The van der Waals surface area contributed by atoms with E-state index in [1.807, 2.05) is 30.5 Å². The number of halogens is 2. The standard InChI is InChI=1S/C15H15F2NS/c1-9-7-12(14(17)8-13(9)16)15(18)10-3-5-11(19-2)6-4-10/h3-8,15H,18H2,1-2H3. The molecule has 1 unspecified atom stereocenters. The van der Waals surface area contributed by atoms with Crippen LogP contribution in [0.1, 0.15) is 22.7 Å². The van der Waals surface area contributed by atoms with Crippen LogP contribution >= 0.6 is 11.8 Å². The Morgan fingerprint density at radius 1 is 1.05 bits per heavy atom. The van der Waals surface area contributed by atoms with Gasteiger partial charge in [-0.15, -0.1) is 11.8 Å². The molecule has 0 aromatic heterocycles. The maximum Gasteiger partial charge on any atom is 0.131 e. The molecule has 0 spiro atoms. The Labute approximate surface area is 115 Å². The van der Waals surface area contributed by atoms with Gasteiger partial charge in [0.2, 0.25) is 0 Å². The molecule has 0 amide bonds. The highest BCUT2D eigenvalue weighted by Gasteiger charge is 2.15. The van der Waals surface area contributed by atoms with Crippen LogP contribution in [0.3, 0.4) is 0 Å². The van der Waals surface area contributed by atoms with Crippen molar-refractivity contribution in [2.45, 2.75) is 17.9 Å². The third-order valence-electron chi connectivity index (χ3n) is 3.09. The number of benzene rings is 2. The van der Waals surface area contributed by atoms with E-state index in [2.05, 4.69) is 0 Å². The smallest absolute Gasteiger partial charge is 0.131 e. The van der Waals surface area contributed by atoms with Crippen LogP contribution in [-0.2, 0) is 0 Å². The molecular formula is C15H15F2NS. The zero-order valence-electron chi connectivity index (χ0n) is 10.8. The number of hydrogen-bond donors (Lipinski definition) is 1. The Kier molecular flexibility index (Phi) is 4.22. The van der Waals surface area contributed by atoms with E-state index in [1.54, 1.807) is 18.7 Å². The fourth-order valence-corrected chi connectivity index (χ4v) is 2.32. The van der Waals surface area contributed by atoms with Crippen molar-refractivity contribution in [1.29, 1.82) is 0 Å². The van der Waals surface area contributed by atoms with Gasteiger partial charge in [-0.2, -0.15) is 0 Å². The highest BCUT2D eigenvalue weighted by atomic mass is 32.2. The van der Waals surface area contributed by atoms with Gasteiger partial charge in [-0.3, -0.25) is 0 Å². The first-order valence-corrected chi connectivity index (χ1v) is 7.10. The first-order chi connectivity index (χ1) is 9.02. The molecule has 0 fully saturated rings. The Morgan fingerprint density at radius 3 is 2.26 bits per heavy atom. The summed E-state index contributed by atoms with van der Waals surface area (Å²) in [6, 6.07) is 9.39. The Balaban J connectivity index is 2.37. The lowest BCUT2D eigenvalue weighted by atomic mass is 9.97. The van der Waals surface area contributed by atoms with E-state index in [0.717, 1.165) is 16.5 Å². The molecule has 2 aromatic carbocycles. The molecule has 0 radical (unpaired) electrons. The van der Waals surface area contributed by atoms with Crippen LogP contribution < -0.4 is 5.73 Å². The molecule has 2 rings (SSSR count). The third-order valence-corrected chi connectivity index (χ3v) is 3.83. The molecule has 2 aromatic rings. The van der Waals surface area contributed by atoms with Gasteiger partial charge in [0.15, 0.2) is 0 Å². The zero-order chi connectivity index (χ0) is 14.0. The van der Waals surface area contributed by atoms with E-state index in [4.69, 9.17) is 5.73 Å². The summed E-state index contributed by atoms with van der Waals surface area (Å²) in [4.78, 5) is 1.12. The summed E-state index contributed by atoms with van der Waals surface area (Å²) in [5.41, 5.74) is 7.58. The van der Waals surface area contributed by atoms with Gasteiger partial charge in [-0.1, -0.05) is 12.1 Å². The zero-order valence-corrected chi connectivity index (χ0v) is 11.6. The molecule has 1 nitrogen and oxygen atoms in total. The molecule has 0 bridgehead atoms. The van der Waals surface area contributed by atoms with Gasteiger partial charge < -0.3 is 5.73 Å². The summed E-state index contributed by atoms with van der Waals surface area (Å²) < 4.78 is 27.0. The van der Waals surface area contributed by atoms with Crippen molar-refractivity contribution in [1.82, 2.24) is 0 Å². The minimum absolute atomic E-state index is 0.316. The molecule has 100 valence electrons. The first-order valence-electron chi connectivity index (χ1n) is 5.88. The largest absolute Gasteiger partial charge is 0.320 e. The van der Waals surface area contributed by atoms with Gasteiger partial charge in [0.25, 0.3) is 0 Å². The lowest BCUT2D eigenvalue weighted by molar-refractivity contribution is 0.561. The van der Waals surface area contributed by atoms with Crippen molar-refractivity contribution >= 4 is 11.8 Å². The number of thioether (sulfide) groups is 1. The fourth-order valence-electron chi connectivity index (χ4n) is 1.91. The SMILES string of the molecule is CSc1ccc(C(N)c2cc(C)c(F)cc2F)cc1. The fraction of sp³-hybridized carbons (Fsp3) is 0.200. The van der Waals surface area contributed by atoms with E-state index in [0.29, 0.717) is 11.1 Å². The average Bonchev–Trinajstić information content (AvgIpc) is 2.42. The van der Waals surface area contributed by atoms with Crippen molar-refractivity contribution in [3.63, 3.8) is 0 Å². The van der Waals surface area contributed by atoms with Gasteiger partial charge in [0.05, 0.1) is 6.04 Å². The van der Waals surface area contributed by atoms with E-state index in [1.165, 1.54) is 6.07 Å². The van der Waals surface area contributed by atoms with E-state index < -0.39 is 17.7 Å². The predicted octanol–water partition coefficient (Wildman–Crippen LogP) is 4.04. The minimum atomic E-state index is -0.607. The molecule has 19 heavy (non-hydrogen) atoms. The molecule has 0 heterocycles. The normalized spacial score (nSPS) is 12.5. The number of aryl methyl sites for hydroxylation is 1. The minimum Gasteiger partial charge on any atom is -0.320 e. The second kappa shape index (κ2) is 5.72. The van der Waals surface area contributed by atoms with Crippen LogP contribution in [0, 0.1) is 18.6 Å². The van der Waals surface area contributed by atoms with E-state index >= 15 is 0 Å². The van der Waals surface area contributed by atoms with Crippen LogP contribution in [0.2, 0.25) is 0 Å². The molecule has 4 heteroatoms. The van der Waals surface area contributed by atoms with Gasteiger partial charge in [-0.25, -0.2) is 8.78 Å². The Hall–Kier alpha value is -1.39. The monoisotopic (exact) mass is 279 g/mol. The molecule has 1 atom stereocenters. The van der Waals surface area contributed by atoms with Crippen molar-refractivity contribution in [3.8, 4) is 0 Å². The van der Waals surface area contributed by atoms with Crippen LogP contribution in [0.4, 0.5) is 8.78 Å². The lowest BCUT2D eigenvalue weighted by Crippen LogP contribution is -2.14. The Bertz CT molecular complexity index is 581. The lowest BCUT2D eigenvalue weighted by Gasteiger charge is -2.15. The van der Waals surface area contributed by atoms with Crippen molar-refractivity contribution in [2.75, 3.05) is 6.26 Å². The number of rotatable bonds is 3. The molecule has 0 aliphatic rings. The number of hydrogen-bond acceptors (Lipinski definition) is 2.